The fraction of sp³-hybridized carbons (Fsp3) is 0.143. The summed E-state index contributed by atoms with van der Waals surface area (Å²) in [4.78, 5) is 0. The highest BCUT2D eigenvalue weighted by atomic mass is 35.5. The maximum absolute atomic E-state index is 13.0. The fourth-order valence-corrected chi connectivity index (χ4v) is 1.99. The molecule has 19 heavy (non-hydrogen) atoms. The second kappa shape index (κ2) is 6.22. The van der Waals surface area contributed by atoms with E-state index in [1.807, 2.05) is 0 Å². The molecule has 100 valence electrons. The normalized spacial score (nSPS) is 10.5. The molecule has 0 radical (unpaired) electrons. The van der Waals surface area contributed by atoms with Crippen molar-refractivity contribution in [3.63, 3.8) is 0 Å². The number of benzene rings is 2. The van der Waals surface area contributed by atoms with Gasteiger partial charge in [-0.2, -0.15) is 0 Å². The Kier molecular flexibility index (Phi) is 4.61. The van der Waals surface area contributed by atoms with E-state index in [1.165, 1.54) is 6.07 Å². The van der Waals surface area contributed by atoms with Crippen LogP contribution in [0.5, 0.6) is 5.75 Å². The van der Waals surface area contributed by atoms with Gasteiger partial charge in [0, 0.05) is 10.6 Å². The van der Waals surface area contributed by atoms with Gasteiger partial charge in [0.2, 0.25) is 0 Å². The number of ether oxygens (including phenoxy) is 1. The van der Waals surface area contributed by atoms with Crippen molar-refractivity contribution in [1.82, 2.24) is 0 Å². The lowest BCUT2D eigenvalue weighted by Crippen LogP contribution is -1.99. The zero-order chi connectivity index (χ0) is 13.8. The quantitative estimate of drug-likeness (QED) is 0.727. The molecular weight excluding hydrogens is 293 g/mol. The van der Waals surface area contributed by atoms with Crippen LogP contribution in [0.3, 0.4) is 0 Å². The van der Waals surface area contributed by atoms with Crippen LogP contribution in [0.4, 0.5) is 8.78 Å². The van der Waals surface area contributed by atoms with Gasteiger partial charge in [-0.15, -0.1) is 11.6 Å². The van der Waals surface area contributed by atoms with E-state index in [0.29, 0.717) is 16.3 Å². The van der Waals surface area contributed by atoms with E-state index >= 15 is 0 Å². The third-order valence-electron chi connectivity index (χ3n) is 2.54. The first kappa shape index (κ1) is 14.1. The molecule has 0 heterocycles. The number of halogens is 4. The molecule has 0 aliphatic rings. The molecule has 2 rings (SSSR count). The molecule has 0 saturated heterocycles. The van der Waals surface area contributed by atoms with Gasteiger partial charge >= 0.3 is 0 Å². The Labute approximate surface area is 119 Å². The van der Waals surface area contributed by atoms with E-state index in [2.05, 4.69) is 0 Å². The highest BCUT2D eigenvalue weighted by Gasteiger charge is 2.06. The lowest BCUT2D eigenvalue weighted by Gasteiger charge is -2.10. The molecule has 2 aromatic rings. The molecule has 0 saturated carbocycles. The van der Waals surface area contributed by atoms with Crippen molar-refractivity contribution in [2.24, 2.45) is 0 Å². The SMILES string of the molecule is Fc1ccc(COc2ccc(Cl)cc2CCl)cc1F. The molecule has 2 aromatic carbocycles. The molecule has 0 aliphatic heterocycles. The van der Waals surface area contributed by atoms with E-state index in [0.717, 1.165) is 17.7 Å². The molecule has 0 amide bonds. The average molecular weight is 303 g/mol. The van der Waals surface area contributed by atoms with E-state index in [9.17, 15) is 8.78 Å². The van der Waals surface area contributed by atoms with E-state index in [4.69, 9.17) is 27.9 Å². The van der Waals surface area contributed by atoms with Gasteiger partial charge in [-0.3, -0.25) is 0 Å². The third kappa shape index (κ3) is 3.58. The standard InChI is InChI=1S/C14H10Cl2F2O/c15-7-10-6-11(16)2-4-14(10)19-8-9-1-3-12(17)13(18)5-9/h1-6H,7-8H2. The van der Waals surface area contributed by atoms with Crippen LogP contribution in [-0.2, 0) is 12.5 Å². The summed E-state index contributed by atoms with van der Waals surface area (Å²) in [7, 11) is 0. The van der Waals surface area contributed by atoms with Gasteiger partial charge < -0.3 is 4.74 Å². The van der Waals surface area contributed by atoms with Gasteiger partial charge in [0.25, 0.3) is 0 Å². The van der Waals surface area contributed by atoms with Crippen LogP contribution >= 0.6 is 23.2 Å². The summed E-state index contributed by atoms with van der Waals surface area (Å²) >= 11 is 11.6. The summed E-state index contributed by atoms with van der Waals surface area (Å²) in [6.07, 6.45) is 0. The maximum Gasteiger partial charge on any atom is 0.159 e. The van der Waals surface area contributed by atoms with E-state index in [1.54, 1.807) is 18.2 Å². The predicted octanol–water partition coefficient (Wildman–Crippen LogP) is 4.94. The first-order chi connectivity index (χ1) is 9.10. The lowest BCUT2D eigenvalue weighted by atomic mass is 10.2. The van der Waals surface area contributed by atoms with Crippen molar-refractivity contribution in [1.29, 1.82) is 0 Å². The van der Waals surface area contributed by atoms with Crippen LogP contribution in [0.2, 0.25) is 5.02 Å². The van der Waals surface area contributed by atoms with Crippen molar-refractivity contribution in [3.8, 4) is 5.75 Å². The maximum atomic E-state index is 13.0. The summed E-state index contributed by atoms with van der Waals surface area (Å²) in [5, 5.41) is 0.566. The van der Waals surface area contributed by atoms with Gasteiger partial charge in [0.15, 0.2) is 11.6 Å². The van der Waals surface area contributed by atoms with Crippen LogP contribution in [0.1, 0.15) is 11.1 Å². The van der Waals surface area contributed by atoms with Crippen LogP contribution in [0, 0.1) is 11.6 Å². The first-order valence-corrected chi connectivity index (χ1v) is 6.42. The molecule has 0 bridgehead atoms. The second-order valence-corrected chi connectivity index (χ2v) is 4.63. The summed E-state index contributed by atoms with van der Waals surface area (Å²) in [6.45, 7) is 0.128. The predicted molar refractivity (Wildman–Crippen MR) is 71.7 cm³/mol. The van der Waals surface area contributed by atoms with Gasteiger partial charge in [-0.25, -0.2) is 8.78 Å². The fourth-order valence-electron chi connectivity index (χ4n) is 1.58. The van der Waals surface area contributed by atoms with Gasteiger partial charge in [-0.05, 0) is 35.9 Å². The minimum Gasteiger partial charge on any atom is -0.489 e. The highest BCUT2D eigenvalue weighted by molar-refractivity contribution is 6.30. The monoisotopic (exact) mass is 302 g/mol. The summed E-state index contributed by atoms with van der Waals surface area (Å²) in [6, 6.07) is 8.71. The number of alkyl halides is 1. The Morgan fingerprint density at radius 2 is 1.79 bits per heavy atom. The van der Waals surface area contributed by atoms with Gasteiger partial charge in [0.05, 0.1) is 5.88 Å². The van der Waals surface area contributed by atoms with Crippen molar-refractivity contribution >= 4 is 23.2 Å². The summed E-state index contributed by atoms with van der Waals surface area (Å²) in [5.74, 6) is -0.941. The molecule has 0 atom stereocenters. The van der Waals surface area contributed by atoms with Crippen LogP contribution < -0.4 is 4.74 Å². The molecule has 0 unspecified atom stereocenters. The van der Waals surface area contributed by atoms with Crippen LogP contribution in [-0.4, -0.2) is 0 Å². The Hall–Kier alpha value is -1.32. The molecule has 0 N–H and O–H groups in total. The number of hydrogen-bond acceptors (Lipinski definition) is 1. The van der Waals surface area contributed by atoms with Crippen LogP contribution in [0.15, 0.2) is 36.4 Å². The highest BCUT2D eigenvalue weighted by Crippen LogP contribution is 2.25. The van der Waals surface area contributed by atoms with Crippen molar-refractivity contribution < 1.29 is 13.5 Å². The Balaban J connectivity index is 2.12. The van der Waals surface area contributed by atoms with Crippen molar-refractivity contribution in [2.45, 2.75) is 12.5 Å². The topological polar surface area (TPSA) is 9.23 Å². The molecule has 0 aliphatic carbocycles. The lowest BCUT2D eigenvalue weighted by molar-refractivity contribution is 0.302. The summed E-state index contributed by atoms with van der Waals surface area (Å²) < 4.78 is 31.3. The molecule has 0 spiro atoms. The molecule has 5 heteroatoms. The molecule has 1 nitrogen and oxygen atoms in total. The third-order valence-corrected chi connectivity index (χ3v) is 3.07. The zero-order valence-electron chi connectivity index (χ0n) is 9.80. The van der Waals surface area contributed by atoms with Gasteiger partial charge in [0.1, 0.15) is 12.4 Å². The van der Waals surface area contributed by atoms with Crippen molar-refractivity contribution in [2.75, 3.05) is 0 Å². The van der Waals surface area contributed by atoms with E-state index in [-0.39, 0.29) is 12.5 Å². The van der Waals surface area contributed by atoms with E-state index < -0.39 is 11.6 Å². The number of hydrogen-bond donors (Lipinski definition) is 0. The Bertz CT molecular complexity index is 588. The average Bonchev–Trinajstić information content (AvgIpc) is 2.41. The number of rotatable bonds is 4. The van der Waals surface area contributed by atoms with Crippen LogP contribution in [0.25, 0.3) is 0 Å². The van der Waals surface area contributed by atoms with Gasteiger partial charge in [-0.1, -0.05) is 17.7 Å². The minimum absolute atomic E-state index is 0.128. The summed E-state index contributed by atoms with van der Waals surface area (Å²) in [5.41, 5.74) is 1.28. The zero-order valence-corrected chi connectivity index (χ0v) is 11.3. The smallest absolute Gasteiger partial charge is 0.159 e. The minimum atomic E-state index is -0.894. The Morgan fingerprint density at radius 1 is 1.00 bits per heavy atom. The molecule has 0 fully saturated rings. The molecule has 0 aromatic heterocycles. The second-order valence-electron chi connectivity index (χ2n) is 3.92. The largest absolute Gasteiger partial charge is 0.489 e. The van der Waals surface area contributed by atoms with Crippen molar-refractivity contribution in [3.05, 3.63) is 64.2 Å². The first-order valence-electron chi connectivity index (χ1n) is 5.51. The Morgan fingerprint density at radius 3 is 2.47 bits per heavy atom. The molecular formula is C14H10Cl2F2O.